The fourth-order valence-corrected chi connectivity index (χ4v) is 3.36. The van der Waals surface area contributed by atoms with Crippen molar-refractivity contribution in [2.45, 2.75) is 25.2 Å². The first kappa shape index (κ1) is 14.4. The van der Waals surface area contributed by atoms with Crippen LogP contribution >= 0.6 is 11.8 Å². The number of rotatable bonds is 6. The number of nitrogens with two attached hydrogens (primary N) is 1. The van der Waals surface area contributed by atoms with Gasteiger partial charge in [-0.2, -0.15) is 0 Å². The topological polar surface area (TPSA) is 60.2 Å². The maximum atomic E-state index is 11.3. The van der Waals surface area contributed by atoms with Crippen LogP contribution in [-0.4, -0.2) is 25.7 Å². The predicted octanol–water partition coefficient (Wildman–Crippen LogP) is 2.49. The molecule has 0 aliphatic heterocycles. The van der Waals surface area contributed by atoms with Gasteiger partial charge in [-0.15, -0.1) is 11.8 Å². The molecule has 1 aromatic rings. The molecule has 3 nitrogen and oxygen atoms in total. The molecule has 0 aliphatic rings. The van der Waals surface area contributed by atoms with Crippen molar-refractivity contribution in [2.24, 2.45) is 0 Å². The van der Waals surface area contributed by atoms with Gasteiger partial charge in [-0.1, -0.05) is 13.0 Å². The number of thioether (sulfide) groups is 1. The summed E-state index contributed by atoms with van der Waals surface area (Å²) in [7, 11) is -2.84. The first-order valence-electron chi connectivity index (χ1n) is 5.64. The summed E-state index contributed by atoms with van der Waals surface area (Å²) >= 11 is 1.62. The molecule has 0 unspecified atom stereocenters. The van der Waals surface area contributed by atoms with Gasteiger partial charge in [0.15, 0.2) is 0 Å². The lowest BCUT2D eigenvalue weighted by molar-refractivity contribution is 0.596. The summed E-state index contributed by atoms with van der Waals surface area (Å²) in [6, 6.07) is 5.94. The quantitative estimate of drug-likeness (QED) is 0.491. The monoisotopic (exact) mass is 273 g/mol. The first-order valence-corrected chi connectivity index (χ1v) is 8.44. The molecule has 2 N–H and O–H groups in total. The highest BCUT2D eigenvalue weighted by atomic mass is 32.2. The van der Waals surface area contributed by atoms with E-state index in [1.807, 2.05) is 25.1 Å². The zero-order chi connectivity index (χ0) is 12.9. The van der Waals surface area contributed by atoms with Crippen molar-refractivity contribution < 1.29 is 8.42 Å². The molecule has 17 heavy (non-hydrogen) atoms. The maximum Gasteiger partial charge on any atom is 0.150 e. The van der Waals surface area contributed by atoms with Gasteiger partial charge in [-0.05, 0) is 36.8 Å². The van der Waals surface area contributed by atoms with Crippen LogP contribution in [0.2, 0.25) is 0 Å². The first-order chi connectivity index (χ1) is 7.94. The van der Waals surface area contributed by atoms with Crippen LogP contribution in [0, 0.1) is 6.92 Å². The smallest absolute Gasteiger partial charge is 0.150 e. The minimum atomic E-state index is -2.84. The average molecular weight is 273 g/mol. The van der Waals surface area contributed by atoms with E-state index in [1.54, 1.807) is 18.7 Å². The standard InChI is InChI=1S/C12H19NO2S2/c1-3-17(14,15)8-4-7-16-12-6-5-10(2)9-11(12)13/h5-6,9H,3-4,7-8,13H2,1-2H3. The molecular formula is C12H19NO2S2. The molecule has 0 bridgehead atoms. The Kier molecular flexibility index (Phi) is 5.33. The lowest BCUT2D eigenvalue weighted by Crippen LogP contribution is -2.09. The zero-order valence-corrected chi connectivity index (χ0v) is 11.9. The van der Waals surface area contributed by atoms with E-state index < -0.39 is 9.84 Å². The van der Waals surface area contributed by atoms with E-state index in [1.165, 1.54) is 0 Å². The molecule has 0 heterocycles. The highest BCUT2D eigenvalue weighted by Gasteiger charge is 2.07. The average Bonchev–Trinajstić information content (AvgIpc) is 2.27. The molecule has 5 heteroatoms. The van der Waals surface area contributed by atoms with Gasteiger partial charge in [-0.3, -0.25) is 0 Å². The van der Waals surface area contributed by atoms with E-state index in [0.29, 0.717) is 6.42 Å². The zero-order valence-electron chi connectivity index (χ0n) is 10.3. The summed E-state index contributed by atoms with van der Waals surface area (Å²) in [5, 5.41) is 0. The minimum Gasteiger partial charge on any atom is -0.398 e. The van der Waals surface area contributed by atoms with Gasteiger partial charge in [-0.25, -0.2) is 8.42 Å². The summed E-state index contributed by atoms with van der Waals surface area (Å²) in [6.07, 6.45) is 0.675. The second-order valence-electron chi connectivity index (χ2n) is 3.98. The number of anilines is 1. The minimum absolute atomic E-state index is 0.227. The van der Waals surface area contributed by atoms with Crippen molar-refractivity contribution >= 4 is 27.3 Å². The fourth-order valence-electron chi connectivity index (χ4n) is 1.40. The number of benzene rings is 1. The molecule has 0 aromatic heterocycles. The summed E-state index contributed by atoms with van der Waals surface area (Å²) in [6.45, 7) is 3.68. The SMILES string of the molecule is CCS(=O)(=O)CCCSc1ccc(C)cc1N. The summed E-state index contributed by atoms with van der Waals surface area (Å²) < 4.78 is 22.6. The Hall–Kier alpha value is -0.680. The lowest BCUT2D eigenvalue weighted by Gasteiger charge is -2.06. The van der Waals surface area contributed by atoms with Gasteiger partial charge in [0, 0.05) is 16.3 Å². The highest BCUT2D eigenvalue weighted by Crippen LogP contribution is 2.26. The third-order valence-electron chi connectivity index (χ3n) is 2.46. The number of hydrogen-bond donors (Lipinski definition) is 1. The Labute approximate surface area is 108 Å². The largest absolute Gasteiger partial charge is 0.398 e. The maximum absolute atomic E-state index is 11.3. The molecule has 0 saturated carbocycles. The van der Waals surface area contributed by atoms with Crippen LogP contribution in [0.5, 0.6) is 0 Å². The number of aryl methyl sites for hydroxylation is 1. The van der Waals surface area contributed by atoms with Gasteiger partial charge < -0.3 is 5.73 Å². The van der Waals surface area contributed by atoms with E-state index in [0.717, 1.165) is 21.9 Å². The van der Waals surface area contributed by atoms with Gasteiger partial charge in [0.05, 0.1) is 5.75 Å². The van der Waals surface area contributed by atoms with Crippen molar-refractivity contribution in [3.8, 4) is 0 Å². The molecule has 0 radical (unpaired) electrons. The van der Waals surface area contributed by atoms with Gasteiger partial charge >= 0.3 is 0 Å². The molecular weight excluding hydrogens is 254 g/mol. The molecule has 0 aliphatic carbocycles. The summed E-state index contributed by atoms with van der Waals surface area (Å²) in [4.78, 5) is 1.03. The third-order valence-corrected chi connectivity index (χ3v) is 5.43. The second-order valence-corrected chi connectivity index (χ2v) is 7.59. The Balaban J connectivity index is 2.41. The van der Waals surface area contributed by atoms with Crippen LogP contribution < -0.4 is 5.73 Å². The Morgan fingerprint density at radius 3 is 2.65 bits per heavy atom. The molecule has 0 saturated heterocycles. The molecule has 0 spiro atoms. The van der Waals surface area contributed by atoms with Gasteiger partial charge in [0.25, 0.3) is 0 Å². The normalized spacial score (nSPS) is 11.6. The molecule has 1 rings (SSSR count). The molecule has 96 valence electrons. The van der Waals surface area contributed by atoms with Crippen molar-refractivity contribution in [2.75, 3.05) is 23.0 Å². The van der Waals surface area contributed by atoms with Crippen molar-refractivity contribution in [3.63, 3.8) is 0 Å². The van der Waals surface area contributed by atoms with Crippen LogP contribution in [0.25, 0.3) is 0 Å². The van der Waals surface area contributed by atoms with Crippen LogP contribution in [0.15, 0.2) is 23.1 Å². The third kappa shape index (κ3) is 5.00. The van der Waals surface area contributed by atoms with E-state index in [-0.39, 0.29) is 11.5 Å². The molecule has 0 atom stereocenters. The van der Waals surface area contributed by atoms with Gasteiger partial charge in [0.2, 0.25) is 0 Å². The predicted molar refractivity (Wildman–Crippen MR) is 75.3 cm³/mol. The molecule has 1 aromatic carbocycles. The number of sulfone groups is 1. The van der Waals surface area contributed by atoms with Crippen molar-refractivity contribution in [1.82, 2.24) is 0 Å². The van der Waals surface area contributed by atoms with E-state index in [2.05, 4.69) is 0 Å². The Morgan fingerprint density at radius 2 is 2.06 bits per heavy atom. The molecule has 0 fully saturated rings. The Bertz CT molecular complexity index is 469. The van der Waals surface area contributed by atoms with E-state index >= 15 is 0 Å². The van der Waals surface area contributed by atoms with Crippen molar-refractivity contribution in [3.05, 3.63) is 23.8 Å². The summed E-state index contributed by atoms with van der Waals surface area (Å²) in [5.41, 5.74) is 7.79. The fraction of sp³-hybridized carbons (Fsp3) is 0.500. The van der Waals surface area contributed by atoms with Crippen LogP contribution in [-0.2, 0) is 9.84 Å². The highest BCUT2D eigenvalue weighted by molar-refractivity contribution is 7.99. The summed E-state index contributed by atoms with van der Waals surface area (Å²) in [5.74, 6) is 1.28. The lowest BCUT2D eigenvalue weighted by atomic mass is 10.2. The van der Waals surface area contributed by atoms with Gasteiger partial charge in [0.1, 0.15) is 9.84 Å². The second kappa shape index (κ2) is 6.31. The van der Waals surface area contributed by atoms with Crippen molar-refractivity contribution in [1.29, 1.82) is 0 Å². The number of nitrogen functional groups attached to an aromatic ring is 1. The van der Waals surface area contributed by atoms with E-state index in [9.17, 15) is 8.42 Å². The van der Waals surface area contributed by atoms with Crippen LogP contribution in [0.4, 0.5) is 5.69 Å². The van der Waals surface area contributed by atoms with E-state index in [4.69, 9.17) is 5.73 Å². The van der Waals surface area contributed by atoms with Crippen LogP contribution in [0.3, 0.4) is 0 Å². The van der Waals surface area contributed by atoms with Crippen LogP contribution in [0.1, 0.15) is 18.9 Å². The molecule has 0 amide bonds. The Morgan fingerprint density at radius 1 is 1.35 bits per heavy atom. The number of hydrogen-bond acceptors (Lipinski definition) is 4.